The molecule has 0 fully saturated rings. The Hall–Kier alpha value is -2.81. The van der Waals surface area contributed by atoms with Crippen molar-refractivity contribution >= 4 is 19.8 Å². The molecule has 326 valence electrons. The first-order valence-corrected chi connectivity index (χ1v) is 23.6. The van der Waals surface area contributed by atoms with Crippen LogP contribution >= 0.6 is 7.82 Å². The summed E-state index contributed by atoms with van der Waals surface area (Å²) >= 11 is 0. The average Bonchev–Trinajstić information content (AvgIpc) is 3.20. The Morgan fingerprint density at radius 3 is 1.47 bits per heavy atom. The minimum absolute atomic E-state index is 0.0399. The number of hydrogen-bond acceptors (Lipinski definition) is 8. The number of ether oxygens (including phenoxy) is 2. The molecule has 0 aromatic heterocycles. The van der Waals surface area contributed by atoms with Gasteiger partial charge in [0.2, 0.25) is 0 Å². The van der Waals surface area contributed by atoms with Crippen LogP contribution in [0.2, 0.25) is 0 Å². The Bertz CT molecular complexity index is 1210. The van der Waals surface area contributed by atoms with Crippen LogP contribution in [0.3, 0.4) is 0 Å². The summed E-state index contributed by atoms with van der Waals surface area (Å²) in [7, 11) is -4.40. The van der Waals surface area contributed by atoms with E-state index in [2.05, 4.69) is 98.9 Å². The monoisotopic (exact) mass is 818 g/mol. The molecule has 0 spiro atoms. The molecule has 0 aliphatic carbocycles. The third kappa shape index (κ3) is 42.6. The predicted molar refractivity (Wildman–Crippen MR) is 238 cm³/mol. The minimum atomic E-state index is -4.40. The van der Waals surface area contributed by atoms with Crippen LogP contribution in [0.5, 0.6) is 0 Å². The van der Waals surface area contributed by atoms with Crippen molar-refractivity contribution < 1.29 is 37.6 Å². The van der Waals surface area contributed by atoms with Gasteiger partial charge in [0.1, 0.15) is 6.61 Å². The molecule has 0 saturated heterocycles. The third-order valence-electron chi connectivity index (χ3n) is 8.77. The van der Waals surface area contributed by atoms with Crippen LogP contribution in [0.1, 0.15) is 168 Å². The van der Waals surface area contributed by atoms with Gasteiger partial charge in [-0.25, -0.2) is 4.57 Å². The summed E-state index contributed by atoms with van der Waals surface area (Å²) in [5, 5.41) is 0. The molecular formula is C47H80NO8P. The number of esters is 2. The highest BCUT2D eigenvalue weighted by atomic mass is 31.2. The van der Waals surface area contributed by atoms with Gasteiger partial charge in [-0.2, -0.15) is 0 Å². The van der Waals surface area contributed by atoms with Crippen molar-refractivity contribution in [1.29, 1.82) is 0 Å². The Morgan fingerprint density at radius 1 is 0.544 bits per heavy atom. The van der Waals surface area contributed by atoms with Gasteiger partial charge in [0.05, 0.1) is 13.2 Å². The maximum Gasteiger partial charge on any atom is 0.472 e. The van der Waals surface area contributed by atoms with E-state index in [1.54, 1.807) is 0 Å². The summed E-state index contributed by atoms with van der Waals surface area (Å²) in [4.78, 5) is 34.9. The number of allylic oxidation sites excluding steroid dienone is 14. The molecule has 0 radical (unpaired) electrons. The normalized spacial score (nSPS) is 14.1. The van der Waals surface area contributed by atoms with Crippen molar-refractivity contribution in [2.45, 2.75) is 174 Å². The Morgan fingerprint density at radius 2 is 0.965 bits per heavy atom. The molecule has 9 nitrogen and oxygen atoms in total. The van der Waals surface area contributed by atoms with Crippen LogP contribution in [0.25, 0.3) is 0 Å². The predicted octanol–water partition coefficient (Wildman–Crippen LogP) is 12.8. The van der Waals surface area contributed by atoms with E-state index in [1.807, 2.05) is 0 Å². The highest BCUT2D eigenvalue weighted by Gasteiger charge is 2.25. The molecule has 57 heavy (non-hydrogen) atoms. The molecule has 0 amide bonds. The zero-order valence-electron chi connectivity index (χ0n) is 35.8. The summed E-state index contributed by atoms with van der Waals surface area (Å²) in [6.45, 7) is 3.52. The lowest BCUT2D eigenvalue weighted by Crippen LogP contribution is -2.29. The lowest BCUT2D eigenvalue weighted by Gasteiger charge is -2.19. The number of phosphoric ester groups is 1. The van der Waals surface area contributed by atoms with Gasteiger partial charge in [-0.05, 0) is 89.9 Å². The second kappa shape index (κ2) is 42.8. The zero-order valence-corrected chi connectivity index (χ0v) is 36.7. The van der Waals surface area contributed by atoms with Crippen LogP contribution < -0.4 is 5.73 Å². The second-order valence-electron chi connectivity index (χ2n) is 14.2. The summed E-state index contributed by atoms with van der Waals surface area (Å²) in [6.07, 6.45) is 53.3. The van der Waals surface area contributed by atoms with E-state index in [0.717, 1.165) is 89.9 Å². The Balaban J connectivity index is 4.23. The van der Waals surface area contributed by atoms with Crippen LogP contribution in [0.4, 0.5) is 0 Å². The van der Waals surface area contributed by atoms with Gasteiger partial charge in [0, 0.05) is 19.4 Å². The van der Waals surface area contributed by atoms with Gasteiger partial charge in [0.25, 0.3) is 0 Å². The van der Waals surface area contributed by atoms with Gasteiger partial charge < -0.3 is 20.1 Å². The van der Waals surface area contributed by atoms with E-state index >= 15 is 0 Å². The number of nitrogens with two attached hydrogens (primary N) is 1. The Kier molecular flexibility index (Phi) is 40.7. The summed E-state index contributed by atoms with van der Waals surface area (Å²) in [5.41, 5.74) is 5.34. The molecule has 0 rings (SSSR count). The van der Waals surface area contributed by atoms with Crippen molar-refractivity contribution in [3.63, 3.8) is 0 Å². The number of unbranched alkanes of at least 4 members (excludes halogenated alkanes) is 13. The van der Waals surface area contributed by atoms with E-state index < -0.39 is 32.5 Å². The SMILES string of the molecule is CC/C=C\C/C=C\C/C=C\C/C=C\CCCCC(=O)OC(COC(=O)CCCCCCCC/C=C\C/C=C\C/C=C\CCCCCCC)COP(=O)(O)OCCN. The van der Waals surface area contributed by atoms with Crippen molar-refractivity contribution in [2.75, 3.05) is 26.4 Å². The molecule has 3 N–H and O–H groups in total. The fraction of sp³-hybridized carbons (Fsp3) is 0.660. The van der Waals surface area contributed by atoms with Gasteiger partial charge in [-0.15, -0.1) is 0 Å². The number of rotatable bonds is 40. The van der Waals surface area contributed by atoms with E-state index in [1.165, 1.54) is 38.5 Å². The van der Waals surface area contributed by atoms with Crippen LogP contribution in [0, 0.1) is 0 Å². The van der Waals surface area contributed by atoms with Gasteiger partial charge in [0.15, 0.2) is 6.10 Å². The maximum atomic E-state index is 12.6. The number of hydrogen-bond donors (Lipinski definition) is 2. The molecule has 0 saturated carbocycles. The van der Waals surface area contributed by atoms with Gasteiger partial charge in [-0.3, -0.25) is 18.6 Å². The number of carbonyl (C=O) groups excluding carboxylic acids is 2. The largest absolute Gasteiger partial charge is 0.472 e. The standard InChI is InChI=1S/C47H80NO8P/c1-3-5-7-9-11-13-15-17-19-20-21-22-23-24-26-27-29-31-33-35-37-39-46(49)53-43-45(44-55-57(51,52)54-42-41-48)56-47(50)40-38-36-34-32-30-28-25-18-16-14-12-10-8-6-4-2/h6,8,12,14-15,17-18,20-21,23-25,30,32,45H,3-5,7,9-11,13,16,19,22,26-29,31,33-44,48H2,1-2H3,(H,51,52)/b8-6-,14-12-,17-15-,21-20-,24-23-,25-18-,32-30-. The number of carbonyl (C=O) groups is 2. The lowest BCUT2D eigenvalue weighted by atomic mass is 10.1. The molecule has 2 atom stereocenters. The smallest absolute Gasteiger partial charge is 0.462 e. The summed E-state index contributed by atoms with van der Waals surface area (Å²) in [6, 6.07) is 0. The summed E-state index contributed by atoms with van der Waals surface area (Å²) < 4.78 is 32.7. The molecule has 10 heteroatoms. The lowest BCUT2D eigenvalue weighted by molar-refractivity contribution is -0.161. The second-order valence-corrected chi connectivity index (χ2v) is 15.6. The highest BCUT2D eigenvalue weighted by molar-refractivity contribution is 7.47. The molecule has 0 aromatic carbocycles. The van der Waals surface area contributed by atoms with Gasteiger partial charge in [-0.1, -0.05) is 150 Å². The molecule has 2 unspecified atom stereocenters. The van der Waals surface area contributed by atoms with Crippen molar-refractivity contribution in [3.05, 3.63) is 85.1 Å². The highest BCUT2D eigenvalue weighted by Crippen LogP contribution is 2.43. The van der Waals surface area contributed by atoms with E-state index in [0.29, 0.717) is 12.8 Å². The molecular weight excluding hydrogens is 737 g/mol. The maximum absolute atomic E-state index is 12.6. The van der Waals surface area contributed by atoms with Crippen LogP contribution in [-0.2, 0) is 32.7 Å². The summed E-state index contributed by atoms with van der Waals surface area (Å²) in [5.74, 6) is -0.900. The zero-order chi connectivity index (χ0) is 41.8. The molecule has 0 aliphatic heterocycles. The average molecular weight is 818 g/mol. The van der Waals surface area contributed by atoms with E-state index in [4.69, 9.17) is 24.3 Å². The fourth-order valence-electron chi connectivity index (χ4n) is 5.51. The van der Waals surface area contributed by atoms with Crippen molar-refractivity contribution in [2.24, 2.45) is 5.73 Å². The quantitative estimate of drug-likeness (QED) is 0.0268. The van der Waals surface area contributed by atoms with Crippen molar-refractivity contribution in [3.8, 4) is 0 Å². The van der Waals surface area contributed by atoms with Crippen molar-refractivity contribution in [1.82, 2.24) is 0 Å². The molecule has 0 bridgehead atoms. The first-order chi connectivity index (χ1) is 27.8. The minimum Gasteiger partial charge on any atom is -0.462 e. The van der Waals surface area contributed by atoms with Crippen LogP contribution in [0.15, 0.2) is 85.1 Å². The molecule has 0 heterocycles. The fourth-order valence-corrected chi connectivity index (χ4v) is 6.28. The van der Waals surface area contributed by atoms with Crippen LogP contribution in [-0.4, -0.2) is 49.3 Å². The third-order valence-corrected chi connectivity index (χ3v) is 9.75. The van der Waals surface area contributed by atoms with E-state index in [-0.39, 0.29) is 32.6 Å². The van der Waals surface area contributed by atoms with E-state index in [9.17, 15) is 19.0 Å². The first-order valence-electron chi connectivity index (χ1n) is 22.1. The molecule has 0 aliphatic rings. The molecule has 0 aromatic rings. The first kappa shape index (κ1) is 54.2. The van der Waals surface area contributed by atoms with Gasteiger partial charge >= 0.3 is 19.8 Å². The topological polar surface area (TPSA) is 134 Å². The number of phosphoric acid groups is 1. The Labute approximate surface area is 347 Å².